The summed E-state index contributed by atoms with van der Waals surface area (Å²) in [6.07, 6.45) is 13.2. The topological polar surface area (TPSA) is 46.5 Å². The highest BCUT2D eigenvalue weighted by Crippen LogP contribution is 2.69. The van der Waals surface area contributed by atoms with E-state index in [1.165, 1.54) is 31.3 Å². The van der Waals surface area contributed by atoms with Crippen molar-refractivity contribution >= 4 is 5.78 Å². The van der Waals surface area contributed by atoms with Crippen LogP contribution < -0.4 is 0 Å². The molecule has 1 heterocycles. The number of hydrogen-bond acceptors (Lipinski definition) is 3. The number of ketones is 1. The van der Waals surface area contributed by atoms with E-state index in [0.29, 0.717) is 41.2 Å². The Morgan fingerprint density at radius 1 is 1.27 bits per heavy atom. The van der Waals surface area contributed by atoms with Crippen LogP contribution in [0, 0.1) is 46.3 Å². The summed E-state index contributed by atoms with van der Waals surface area (Å²) in [7, 11) is 0. The van der Waals surface area contributed by atoms with Crippen molar-refractivity contribution in [3.05, 3.63) is 11.6 Å². The van der Waals surface area contributed by atoms with Gasteiger partial charge in [0, 0.05) is 19.4 Å². The van der Waals surface area contributed by atoms with Crippen LogP contribution in [-0.4, -0.2) is 29.7 Å². The number of fused-ring (bicyclic) bond motifs is 7. The van der Waals surface area contributed by atoms with Gasteiger partial charge in [-0.25, -0.2) is 0 Å². The summed E-state index contributed by atoms with van der Waals surface area (Å²) in [5.74, 6) is 4.48. The molecule has 10 unspecified atom stereocenters. The Hall–Kier alpha value is -0.670. The molecule has 0 aromatic heterocycles. The fraction of sp³-hybridized carbons (Fsp3) is 0.889. The standard InChI is InChI=1S/C27H42O3/c1-16(15-28)5-8-23-17(2)25-24(30-23)14-22-20-7-6-18-13-19(29)9-11-26(18,3)21(20)10-12-27(22,25)4/h6,16-17,20-25,28H,5,7-15H2,1-4H3. The number of allylic oxidation sites excluding steroid dienone is 2. The zero-order valence-electron chi connectivity index (χ0n) is 19.5. The maximum Gasteiger partial charge on any atom is 0.136 e. The van der Waals surface area contributed by atoms with Crippen molar-refractivity contribution in [2.24, 2.45) is 46.3 Å². The normalized spacial score (nSPS) is 50.9. The van der Waals surface area contributed by atoms with Gasteiger partial charge in [0.05, 0.1) is 12.2 Å². The molecule has 5 aliphatic rings. The molecule has 0 aromatic rings. The van der Waals surface area contributed by atoms with Crippen LogP contribution in [0.3, 0.4) is 0 Å². The number of ether oxygens (including phenoxy) is 1. The molecule has 0 radical (unpaired) electrons. The summed E-state index contributed by atoms with van der Waals surface area (Å²) in [5.41, 5.74) is 2.16. The molecule has 4 fully saturated rings. The first kappa shape index (κ1) is 21.2. The second-order valence-corrected chi connectivity index (χ2v) is 12.2. The molecule has 1 N–H and O–H groups in total. The molecule has 0 bridgehead atoms. The fourth-order valence-electron chi connectivity index (χ4n) is 9.03. The number of carbonyl (C=O) groups is 1. The van der Waals surface area contributed by atoms with Crippen LogP contribution in [0.2, 0.25) is 0 Å². The van der Waals surface area contributed by atoms with Crippen LogP contribution in [0.15, 0.2) is 11.6 Å². The number of carbonyl (C=O) groups excluding carboxylic acids is 1. The van der Waals surface area contributed by atoms with Gasteiger partial charge in [0.2, 0.25) is 0 Å². The Bertz CT molecular complexity index is 728. The number of rotatable bonds is 4. The molecule has 30 heavy (non-hydrogen) atoms. The predicted molar refractivity (Wildman–Crippen MR) is 119 cm³/mol. The summed E-state index contributed by atoms with van der Waals surface area (Å²) in [6.45, 7) is 9.97. The van der Waals surface area contributed by atoms with E-state index in [1.54, 1.807) is 0 Å². The van der Waals surface area contributed by atoms with Gasteiger partial charge in [-0.05, 0) is 91.3 Å². The summed E-state index contributed by atoms with van der Waals surface area (Å²) in [5, 5.41) is 9.39. The molecule has 1 saturated heterocycles. The Balaban J connectivity index is 1.35. The van der Waals surface area contributed by atoms with Crippen molar-refractivity contribution in [1.29, 1.82) is 0 Å². The average Bonchev–Trinajstić information content (AvgIpc) is 3.20. The molecule has 3 saturated carbocycles. The molecule has 1 aliphatic heterocycles. The quantitative estimate of drug-likeness (QED) is 0.613. The van der Waals surface area contributed by atoms with Crippen LogP contribution in [0.4, 0.5) is 0 Å². The van der Waals surface area contributed by atoms with Gasteiger partial charge in [-0.15, -0.1) is 0 Å². The number of aliphatic hydroxyl groups excluding tert-OH is 1. The number of Topliss-reactive ketones (excluding diaryl/α,β-unsaturated/α-hetero) is 1. The van der Waals surface area contributed by atoms with Crippen LogP contribution in [-0.2, 0) is 9.53 Å². The molecular weight excluding hydrogens is 372 g/mol. The van der Waals surface area contributed by atoms with E-state index in [0.717, 1.165) is 49.9 Å². The highest BCUT2D eigenvalue weighted by molar-refractivity contribution is 5.82. The van der Waals surface area contributed by atoms with Gasteiger partial charge in [0.25, 0.3) is 0 Å². The van der Waals surface area contributed by atoms with E-state index in [9.17, 15) is 9.90 Å². The molecule has 168 valence electrons. The second-order valence-electron chi connectivity index (χ2n) is 12.2. The van der Waals surface area contributed by atoms with E-state index in [1.807, 2.05) is 0 Å². The van der Waals surface area contributed by atoms with Crippen LogP contribution in [0.5, 0.6) is 0 Å². The lowest BCUT2D eigenvalue weighted by Crippen LogP contribution is -2.50. The Morgan fingerprint density at radius 3 is 2.83 bits per heavy atom. The maximum absolute atomic E-state index is 12.1. The van der Waals surface area contributed by atoms with E-state index in [2.05, 4.69) is 33.8 Å². The smallest absolute Gasteiger partial charge is 0.136 e. The minimum absolute atomic E-state index is 0.269. The van der Waals surface area contributed by atoms with E-state index >= 15 is 0 Å². The van der Waals surface area contributed by atoms with Crippen molar-refractivity contribution in [2.45, 2.75) is 97.7 Å². The largest absolute Gasteiger partial charge is 0.396 e. The molecule has 0 amide bonds. The third kappa shape index (κ3) is 3.01. The predicted octanol–water partition coefficient (Wildman–Crippen LogP) is 5.56. The molecular formula is C27H42O3. The molecule has 4 aliphatic carbocycles. The van der Waals surface area contributed by atoms with Crippen molar-refractivity contribution < 1.29 is 14.6 Å². The molecule has 0 spiro atoms. The van der Waals surface area contributed by atoms with Gasteiger partial charge in [-0.2, -0.15) is 0 Å². The van der Waals surface area contributed by atoms with Crippen LogP contribution in [0.25, 0.3) is 0 Å². The van der Waals surface area contributed by atoms with Gasteiger partial charge in [0.1, 0.15) is 5.78 Å². The highest BCUT2D eigenvalue weighted by atomic mass is 16.5. The number of aliphatic hydroxyl groups is 1. The summed E-state index contributed by atoms with van der Waals surface area (Å²) in [4.78, 5) is 12.1. The second kappa shape index (κ2) is 7.44. The Morgan fingerprint density at radius 2 is 2.07 bits per heavy atom. The van der Waals surface area contributed by atoms with Crippen molar-refractivity contribution in [2.75, 3.05) is 6.61 Å². The van der Waals surface area contributed by atoms with Crippen LogP contribution in [0.1, 0.15) is 85.5 Å². The lowest BCUT2D eigenvalue weighted by Gasteiger charge is -2.57. The minimum atomic E-state index is 0.269. The van der Waals surface area contributed by atoms with Gasteiger partial charge in [0.15, 0.2) is 0 Å². The monoisotopic (exact) mass is 414 g/mol. The van der Waals surface area contributed by atoms with Crippen molar-refractivity contribution in [3.63, 3.8) is 0 Å². The van der Waals surface area contributed by atoms with E-state index in [4.69, 9.17) is 4.74 Å². The molecule has 0 aromatic carbocycles. The van der Waals surface area contributed by atoms with Crippen molar-refractivity contribution in [3.8, 4) is 0 Å². The summed E-state index contributed by atoms with van der Waals surface area (Å²) >= 11 is 0. The van der Waals surface area contributed by atoms with Gasteiger partial charge in [-0.1, -0.05) is 39.3 Å². The maximum atomic E-state index is 12.1. The number of hydrogen-bond donors (Lipinski definition) is 1. The first-order chi connectivity index (χ1) is 14.3. The van der Waals surface area contributed by atoms with Gasteiger partial charge >= 0.3 is 0 Å². The fourth-order valence-corrected chi connectivity index (χ4v) is 9.03. The van der Waals surface area contributed by atoms with Gasteiger partial charge in [-0.3, -0.25) is 4.79 Å². The van der Waals surface area contributed by atoms with Crippen LogP contribution >= 0.6 is 0 Å². The van der Waals surface area contributed by atoms with E-state index in [-0.39, 0.29) is 12.0 Å². The Labute approximate surface area is 183 Å². The lowest BCUT2D eigenvalue weighted by molar-refractivity contribution is -0.122. The minimum Gasteiger partial charge on any atom is -0.396 e. The lowest BCUT2D eigenvalue weighted by atomic mass is 9.47. The first-order valence-electron chi connectivity index (χ1n) is 12.8. The van der Waals surface area contributed by atoms with Crippen molar-refractivity contribution in [1.82, 2.24) is 0 Å². The zero-order chi connectivity index (χ0) is 21.3. The molecule has 3 heteroatoms. The summed E-state index contributed by atoms with van der Waals surface area (Å²) in [6, 6.07) is 0. The average molecular weight is 415 g/mol. The first-order valence-corrected chi connectivity index (χ1v) is 12.8. The molecule has 3 nitrogen and oxygen atoms in total. The molecule has 10 atom stereocenters. The highest BCUT2D eigenvalue weighted by Gasteiger charge is 2.64. The third-order valence-corrected chi connectivity index (χ3v) is 10.8. The van der Waals surface area contributed by atoms with Gasteiger partial charge < -0.3 is 9.84 Å². The SMILES string of the molecule is CC(CO)CCC1OC2CC3C4CC=C5CC(=O)CCC5(C)C4CCC3(C)C2C1C. The third-order valence-electron chi connectivity index (χ3n) is 10.8. The summed E-state index contributed by atoms with van der Waals surface area (Å²) < 4.78 is 6.73. The molecule has 5 rings (SSSR count). The Kier molecular flexibility index (Phi) is 5.26. The van der Waals surface area contributed by atoms with E-state index < -0.39 is 0 Å². The zero-order valence-corrected chi connectivity index (χ0v) is 19.5.